The zero-order valence-corrected chi connectivity index (χ0v) is 16.3. The molecular weight excluding hydrogens is 388 g/mol. The third kappa shape index (κ3) is 3.29. The van der Waals surface area contributed by atoms with Crippen LogP contribution in [-0.2, 0) is 4.79 Å². The number of thioether (sulfide) groups is 1. The Morgan fingerprint density at radius 3 is 2.62 bits per heavy atom. The molecule has 1 atom stereocenters. The van der Waals surface area contributed by atoms with Gasteiger partial charge in [0.1, 0.15) is 5.69 Å². The van der Waals surface area contributed by atoms with Gasteiger partial charge in [-0.3, -0.25) is 9.69 Å². The number of aromatic amines is 1. The van der Waals surface area contributed by atoms with Gasteiger partial charge in [0.25, 0.3) is 0 Å². The molecule has 0 aromatic carbocycles. The first kappa shape index (κ1) is 17.3. The summed E-state index contributed by atoms with van der Waals surface area (Å²) in [5, 5.41) is 6.98. The number of carbonyl (C=O) groups is 2. The number of imide groups is 1. The van der Waals surface area contributed by atoms with Gasteiger partial charge in [-0.25, -0.2) is 9.78 Å². The average molecular weight is 405 g/mol. The van der Waals surface area contributed by atoms with Crippen molar-refractivity contribution in [1.82, 2.24) is 20.2 Å². The van der Waals surface area contributed by atoms with Crippen LogP contribution in [0.15, 0.2) is 40.2 Å². The van der Waals surface area contributed by atoms with Crippen LogP contribution in [0.2, 0.25) is 0 Å². The van der Waals surface area contributed by atoms with Gasteiger partial charge in [0.05, 0.1) is 20.7 Å². The van der Waals surface area contributed by atoms with Gasteiger partial charge in [0, 0.05) is 13.1 Å². The second-order valence-corrected chi connectivity index (χ2v) is 8.93. The summed E-state index contributed by atoms with van der Waals surface area (Å²) < 4.78 is 0. The molecule has 0 radical (unpaired) electrons. The quantitative estimate of drug-likeness (QED) is 0.632. The van der Waals surface area contributed by atoms with Gasteiger partial charge in [-0.15, -0.1) is 22.7 Å². The van der Waals surface area contributed by atoms with Crippen molar-refractivity contribution in [2.45, 2.75) is 17.3 Å². The van der Waals surface area contributed by atoms with E-state index in [0.717, 1.165) is 21.1 Å². The van der Waals surface area contributed by atoms with E-state index in [9.17, 15) is 9.59 Å². The number of H-pyrrole nitrogens is 1. The maximum Gasteiger partial charge on any atom is 0.324 e. The van der Waals surface area contributed by atoms with Crippen LogP contribution < -0.4 is 5.32 Å². The van der Waals surface area contributed by atoms with Crippen LogP contribution in [0.4, 0.5) is 4.79 Å². The van der Waals surface area contributed by atoms with E-state index in [1.807, 2.05) is 35.0 Å². The summed E-state index contributed by atoms with van der Waals surface area (Å²) >= 11 is 4.62. The number of hydrogen-bond acceptors (Lipinski definition) is 6. The second-order valence-electron chi connectivity index (χ2n) is 5.70. The van der Waals surface area contributed by atoms with E-state index in [4.69, 9.17) is 4.98 Å². The normalized spacial score (nSPS) is 15.3. The van der Waals surface area contributed by atoms with Gasteiger partial charge in [0.2, 0.25) is 5.91 Å². The van der Waals surface area contributed by atoms with E-state index in [1.54, 1.807) is 29.6 Å². The first-order chi connectivity index (χ1) is 12.6. The summed E-state index contributed by atoms with van der Waals surface area (Å²) in [6, 6.07) is 7.77. The van der Waals surface area contributed by atoms with Crippen molar-refractivity contribution in [3.05, 3.63) is 35.0 Å². The number of aromatic nitrogens is 2. The highest BCUT2D eigenvalue weighted by Crippen LogP contribution is 2.37. The number of imidazole rings is 1. The summed E-state index contributed by atoms with van der Waals surface area (Å²) in [5.41, 5.74) is 1.85. The molecule has 1 saturated heterocycles. The molecule has 3 amide bonds. The summed E-state index contributed by atoms with van der Waals surface area (Å²) in [6.07, 6.45) is 0. The number of nitrogens with zero attached hydrogens (tertiary/aromatic N) is 2. The number of carbonyl (C=O) groups excluding carboxylic acids is 2. The van der Waals surface area contributed by atoms with E-state index in [1.165, 1.54) is 16.7 Å². The molecule has 1 aliphatic rings. The molecule has 9 heteroatoms. The third-order valence-corrected chi connectivity index (χ3v) is 6.70. The Balaban J connectivity index is 1.60. The standard InChI is InChI=1S/C17H16N4O2S3/c1-10(15(22)21-7-6-18-17(21)23)26-16-19-13(11-4-2-8-24-11)14(20-16)12-5-3-9-25-12/h2-5,8-10H,6-7H2,1H3,(H,18,23)(H,19,20)/t10-/m1/s1. The molecule has 0 unspecified atom stereocenters. The van der Waals surface area contributed by atoms with E-state index >= 15 is 0 Å². The predicted molar refractivity (Wildman–Crippen MR) is 106 cm³/mol. The first-order valence-corrected chi connectivity index (χ1v) is 10.7. The Bertz CT molecular complexity index is 866. The van der Waals surface area contributed by atoms with Gasteiger partial charge in [-0.05, 0) is 29.8 Å². The fourth-order valence-electron chi connectivity index (χ4n) is 2.72. The molecule has 1 aliphatic heterocycles. The summed E-state index contributed by atoms with van der Waals surface area (Å²) in [7, 11) is 0. The molecule has 4 heterocycles. The van der Waals surface area contributed by atoms with Crippen molar-refractivity contribution in [3.63, 3.8) is 0 Å². The van der Waals surface area contributed by atoms with Crippen molar-refractivity contribution >= 4 is 46.4 Å². The Kier molecular flexibility index (Phi) is 4.84. The molecule has 2 N–H and O–H groups in total. The lowest BCUT2D eigenvalue weighted by Crippen LogP contribution is -2.38. The van der Waals surface area contributed by atoms with Crippen LogP contribution >= 0.6 is 34.4 Å². The van der Waals surface area contributed by atoms with Crippen LogP contribution in [0.3, 0.4) is 0 Å². The maximum absolute atomic E-state index is 12.5. The number of nitrogens with one attached hydrogen (secondary N) is 2. The number of hydrogen-bond donors (Lipinski definition) is 2. The minimum Gasteiger partial charge on any atom is -0.336 e. The molecule has 3 aromatic heterocycles. The first-order valence-electron chi connectivity index (χ1n) is 8.07. The van der Waals surface area contributed by atoms with Crippen LogP contribution in [-0.4, -0.2) is 45.1 Å². The van der Waals surface area contributed by atoms with Gasteiger partial charge in [-0.1, -0.05) is 23.9 Å². The van der Waals surface area contributed by atoms with Crippen LogP contribution in [0.5, 0.6) is 0 Å². The van der Waals surface area contributed by atoms with Gasteiger partial charge < -0.3 is 10.3 Å². The maximum atomic E-state index is 12.5. The van der Waals surface area contributed by atoms with E-state index in [0.29, 0.717) is 18.2 Å². The van der Waals surface area contributed by atoms with Crippen molar-refractivity contribution in [1.29, 1.82) is 0 Å². The van der Waals surface area contributed by atoms with Crippen LogP contribution in [0.25, 0.3) is 21.1 Å². The molecule has 4 rings (SSSR count). The lowest BCUT2D eigenvalue weighted by atomic mass is 10.2. The van der Waals surface area contributed by atoms with Gasteiger partial charge in [0.15, 0.2) is 5.16 Å². The molecule has 6 nitrogen and oxygen atoms in total. The molecular formula is C17H16N4O2S3. The number of thiophene rings is 2. The number of urea groups is 1. The monoisotopic (exact) mass is 404 g/mol. The minimum atomic E-state index is -0.405. The molecule has 0 spiro atoms. The second kappa shape index (κ2) is 7.26. The van der Waals surface area contributed by atoms with Crippen molar-refractivity contribution in [2.24, 2.45) is 0 Å². The molecule has 1 fully saturated rings. The van der Waals surface area contributed by atoms with Gasteiger partial charge >= 0.3 is 6.03 Å². The highest BCUT2D eigenvalue weighted by Gasteiger charge is 2.31. The summed E-state index contributed by atoms with van der Waals surface area (Å²) in [4.78, 5) is 35.8. The summed E-state index contributed by atoms with van der Waals surface area (Å²) in [5.74, 6) is -0.197. The van der Waals surface area contributed by atoms with Gasteiger partial charge in [-0.2, -0.15) is 0 Å². The molecule has 26 heavy (non-hydrogen) atoms. The van der Waals surface area contributed by atoms with E-state index in [-0.39, 0.29) is 11.9 Å². The Morgan fingerprint density at radius 2 is 2.00 bits per heavy atom. The highest BCUT2D eigenvalue weighted by molar-refractivity contribution is 8.00. The van der Waals surface area contributed by atoms with Crippen LogP contribution in [0.1, 0.15) is 6.92 Å². The largest absolute Gasteiger partial charge is 0.336 e. The third-order valence-electron chi connectivity index (χ3n) is 3.96. The van der Waals surface area contributed by atoms with E-state index < -0.39 is 5.25 Å². The van der Waals surface area contributed by atoms with Crippen molar-refractivity contribution < 1.29 is 9.59 Å². The zero-order chi connectivity index (χ0) is 18.1. The van der Waals surface area contributed by atoms with Crippen molar-refractivity contribution in [3.8, 4) is 21.1 Å². The Morgan fingerprint density at radius 1 is 1.27 bits per heavy atom. The lowest BCUT2D eigenvalue weighted by molar-refractivity contribution is -0.126. The number of rotatable bonds is 5. The fraction of sp³-hybridized carbons (Fsp3) is 0.235. The molecule has 0 aliphatic carbocycles. The lowest BCUT2D eigenvalue weighted by Gasteiger charge is -2.16. The zero-order valence-electron chi connectivity index (χ0n) is 13.9. The molecule has 0 bridgehead atoms. The molecule has 3 aromatic rings. The highest BCUT2D eigenvalue weighted by atomic mass is 32.2. The SMILES string of the molecule is C[C@@H](Sc1nc(-c2cccs2)c(-c2cccs2)[nH]1)C(=O)N1CCNC1=O. The molecule has 134 valence electrons. The fourth-order valence-corrected chi connectivity index (χ4v) is 5.03. The smallest absolute Gasteiger partial charge is 0.324 e. The topological polar surface area (TPSA) is 78.1 Å². The van der Waals surface area contributed by atoms with Crippen LogP contribution in [0, 0.1) is 0 Å². The average Bonchev–Trinajstić information content (AvgIpc) is 3.40. The Labute approximate surface area is 162 Å². The predicted octanol–water partition coefficient (Wildman–Crippen LogP) is 3.90. The minimum absolute atomic E-state index is 0.197. The van der Waals surface area contributed by atoms with Crippen molar-refractivity contribution in [2.75, 3.05) is 13.1 Å². The summed E-state index contributed by atoms with van der Waals surface area (Å²) in [6.45, 7) is 2.73. The Hall–Kier alpha value is -2.10. The van der Waals surface area contributed by atoms with E-state index in [2.05, 4.69) is 10.3 Å². The number of amides is 3. The molecule has 0 saturated carbocycles.